The average Bonchev–Trinajstić information content (AvgIpc) is 2.24. The van der Waals surface area contributed by atoms with Gasteiger partial charge in [0.25, 0.3) is 0 Å². The standard InChI is InChI=1S/C10H13FN2O4S/c1-13(3-4-18(2,16)17)9-8(10(14)15)5-7(11)6-12-9/h5-6H,3-4H2,1-2H3,(H,14,15). The zero-order valence-corrected chi connectivity index (χ0v) is 10.7. The number of sulfone groups is 1. The zero-order chi connectivity index (χ0) is 13.9. The molecule has 18 heavy (non-hydrogen) atoms. The van der Waals surface area contributed by atoms with Crippen LogP contribution < -0.4 is 4.90 Å². The van der Waals surface area contributed by atoms with E-state index in [9.17, 15) is 17.6 Å². The molecule has 0 radical (unpaired) electrons. The van der Waals surface area contributed by atoms with Gasteiger partial charge >= 0.3 is 5.97 Å². The SMILES string of the molecule is CN(CCS(C)(=O)=O)c1ncc(F)cc1C(=O)O. The van der Waals surface area contributed by atoms with Crippen LogP contribution in [-0.2, 0) is 9.84 Å². The van der Waals surface area contributed by atoms with E-state index in [1.165, 1.54) is 11.9 Å². The van der Waals surface area contributed by atoms with Gasteiger partial charge in [0, 0.05) is 19.8 Å². The van der Waals surface area contributed by atoms with E-state index in [0.717, 1.165) is 18.5 Å². The van der Waals surface area contributed by atoms with Crippen molar-refractivity contribution in [3.05, 3.63) is 23.6 Å². The molecule has 0 bridgehead atoms. The number of nitrogens with zero attached hydrogens (tertiary/aromatic N) is 2. The van der Waals surface area contributed by atoms with Gasteiger partial charge in [-0.25, -0.2) is 22.6 Å². The maximum atomic E-state index is 12.9. The lowest BCUT2D eigenvalue weighted by atomic mass is 10.2. The fraction of sp³-hybridized carbons (Fsp3) is 0.400. The summed E-state index contributed by atoms with van der Waals surface area (Å²) in [7, 11) is -1.66. The Bertz CT molecular complexity index is 559. The minimum atomic E-state index is -3.16. The highest BCUT2D eigenvalue weighted by atomic mass is 32.2. The Morgan fingerprint density at radius 3 is 2.67 bits per heavy atom. The monoisotopic (exact) mass is 276 g/mol. The number of carbonyl (C=O) groups is 1. The van der Waals surface area contributed by atoms with Crippen LogP contribution in [0.3, 0.4) is 0 Å². The van der Waals surface area contributed by atoms with Crippen molar-refractivity contribution in [3.63, 3.8) is 0 Å². The van der Waals surface area contributed by atoms with Crippen molar-refractivity contribution in [2.24, 2.45) is 0 Å². The Balaban J connectivity index is 2.98. The summed E-state index contributed by atoms with van der Waals surface area (Å²) >= 11 is 0. The van der Waals surface area contributed by atoms with Gasteiger partial charge in [-0.1, -0.05) is 0 Å². The molecular weight excluding hydrogens is 263 g/mol. The third kappa shape index (κ3) is 3.95. The summed E-state index contributed by atoms with van der Waals surface area (Å²) < 4.78 is 34.9. The Kier molecular flexibility index (Phi) is 4.23. The number of halogens is 1. The third-order valence-electron chi connectivity index (χ3n) is 2.22. The lowest BCUT2D eigenvalue weighted by Crippen LogP contribution is -2.27. The molecule has 0 amide bonds. The molecule has 0 spiro atoms. The van der Waals surface area contributed by atoms with E-state index in [-0.39, 0.29) is 23.7 Å². The van der Waals surface area contributed by atoms with Crippen molar-refractivity contribution in [1.29, 1.82) is 0 Å². The largest absolute Gasteiger partial charge is 0.478 e. The number of hydrogen-bond donors (Lipinski definition) is 1. The lowest BCUT2D eigenvalue weighted by molar-refractivity contribution is 0.0696. The molecule has 0 fully saturated rings. The first-order chi connectivity index (χ1) is 8.20. The second kappa shape index (κ2) is 5.30. The summed E-state index contributed by atoms with van der Waals surface area (Å²) in [5.41, 5.74) is -0.300. The van der Waals surface area contributed by atoms with Gasteiger partial charge in [0.05, 0.1) is 11.9 Å². The van der Waals surface area contributed by atoms with Crippen molar-refractivity contribution in [3.8, 4) is 0 Å². The molecule has 0 aliphatic carbocycles. The molecule has 1 rings (SSSR count). The van der Waals surface area contributed by atoms with Crippen LogP contribution in [0.25, 0.3) is 0 Å². The fourth-order valence-corrected chi connectivity index (χ4v) is 1.91. The number of hydrogen-bond acceptors (Lipinski definition) is 5. The first-order valence-electron chi connectivity index (χ1n) is 4.98. The normalized spacial score (nSPS) is 11.3. The van der Waals surface area contributed by atoms with Gasteiger partial charge in [0.1, 0.15) is 27.0 Å². The Labute approximate surface area is 104 Å². The third-order valence-corrected chi connectivity index (χ3v) is 3.15. The molecule has 0 saturated carbocycles. The van der Waals surface area contributed by atoms with Crippen LogP contribution in [0.15, 0.2) is 12.3 Å². The highest BCUT2D eigenvalue weighted by Gasteiger charge is 2.17. The van der Waals surface area contributed by atoms with Crippen LogP contribution in [0, 0.1) is 5.82 Å². The van der Waals surface area contributed by atoms with Crippen molar-refractivity contribution in [1.82, 2.24) is 4.98 Å². The maximum Gasteiger partial charge on any atom is 0.339 e. The quantitative estimate of drug-likeness (QED) is 0.837. The number of anilines is 1. The van der Waals surface area contributed by atoms with Crippen molar-refractivity contribution in [2.75, 3.05) is 30.5 Å². The molecule has 6 nitrogen and oxygen atoms in total. The van der Waals surface area contributed by atoms with E-state index >= 15 is 0 Å². The predicted molar refractivity (Wildman–Crippen MR) is 64.1 cm³/mol. The maximum absolute atomic E-state index is 12.9. The lowest BCUT2D eigenvalue weighted by Gasteiger charge is -2.19. The molecule has 1 aromatic heterocycles. The van der Waals surface area contributed by atoms with E-state index in [0.29, 0.717) is 0 Å². The van der Waals surface area contributed by atoms with Crippen LogP contribution >= 0.6 is 0 Å². The number of carboxylic acid groups (broad SMARTS) is 1. The Hall–Kier alpha value is -1.70. The minimum Gasteiger partial charge on any atom is -0.478 e. The Morgan fingerprint density at radius 1 is 1.56 bits per heavy atom. The van der Waals surface area contributed by atoms with Gasteiger partial charge < -0.3 is 10.0 Å². The molecule has 1 heterocycles. The topological polar surface area (TPSA) is 87.6 Å². The molecule has 0 aliphatic heterocycles. The molecule has 8 heteroatoms. The zero-order valence-electron chi connectivity index (χ0n) is 9.92. The first kappa shape index (κ1) is 14.4. The second-order valence-corrected chi connectivity index (χ2v) is 6.14. The van der Waals surface area contributed by atoms with Crippen molar-refractivity contribution in [2.45, 2.75) is 0 Å². The molecule has 100 valence electrons. The van der Waals surface area contributed by atoms with Crippen LogP contribution in [0.5, 0.6) is 0 Å². The predicted octanol–water partition coefficient (Wildman–Crippen LogP) is 0.400. The van der Waals surface area contributed by atoms with E-state index < -0.39 is 21.6 Å². The number of rotatable bonds is 5. The van der Waals surface area contributed by atoms with E-state index in [4.69, 9.17) is 5.11 Å². The number of aromatic nitrogens is 1. The summed E-state index contributed by atoms with van der Waals surface area (Å²) in [5.74, 6) is -2.18. The molecule has 0 atom stereocenters. The van der Waals surface area contributed by atoms with E-state index in [2.05, 4.69) is 4.98 Å². The smallest absolute Gasteiger partial charge is 0.339 e. The molecule has 1 N–H and O–H groups in total. The minimum absolute atomic E-state index is 0.0348. The summed E-state index contributed by atoms with van der Waals surface area (Å²) in [5, 5.41) is 8.92. The molecule has 0 saturated heterocycles. The van der Waals surface area contributed by atoms with Gasteiger partial charge in [-0.2, -0.15) is 0 Å². The molecule has 0 aliphatic rings. The fourth-order valence-electron chi connectivity index (χ4n) is 1.30. The summed E-state index contributed by atoms with van der Waals surface area (Å²) in [6.45, 7) is 0.0811. The highest BCUT2D eigenvalue weighted by Crippen LogP contribution is 2.17. The van der Waals surface area contributed by atoms with Crippen molar-refractivity contribution < 1.29 is 22.7 Å². The Morgan fingerprint density at radius 2 is 2.17 bits per heavy atom. The van der Waals surface area contributed by atoms with Crippen molar-refractivity contribution >= 4 is 21.6 Å². The summed E-state index contributed by atoms with van der Waals surface area (Å²) in [4.78, 5) is 16.0. The molecular formula is C10H13FN2O4S. The summed E-state index contributed by atoms with van der Waals surface area (Å²) in [6, 6.07) is 0.849. The first-order valence-corrected chi connectivity index (χ1v) is 7.04. The number of pyridine rings is 1. The van der Waals surface area contributed by atoms with Gasteiger partial charge in [-0.05, 0) is 6.07 Å². The number of aromatic carboxylic acids is 1. The molecule has 0 aromatic carbocycles. The second-order valence-electron chi connectivity index (χ2n) is 3.88. The molecule has 0 unspecified atom stereocenters. The molecule has 1 aromatic rings. The van der Waals surface area contributed by atoms with Gasteiger partial charge in [-0.15, -0.1) is 0 Å². The number of carboxylic acids is 1. The van der Waals surface area contributed by atoms with Crippen LogP contribution in [0.2, 0.25) is 0 Å². The van der Waals surface area contributed by atoms with Crippen LogP contribution in [0.4, 0.5) is 10.2 Å². The van der Waals surface area contributed by atoms with Gasteiger partial charge in [-0.3, -0.25) is 0 Å². The summed E-state index contributed by atoms with van der Waals surface area (Å²) in [6.07, 6.45) is 1.97. The van der Waals surface area contributed by atoms with E-state index in [1.807, 2.05) is 0 Å². The average molecular weight is 276 g/mol. The van der Waals surface area contributed by atoms with E-state index in [1.54, 1.807) is 0 Å². The van der Waals surface area contributed by atoms with Gasteiger partial charge in [0.2, 0.25) is 0 Å². The highest BCUT2D eigenvalue weighted by molar-refractivity contribution is 7.90. The van der Waals surface area contributed by atoms with Crippen LogP contribution in [-0.4, -0.2) is 50.1 Å². The van der Waals surface area contributed by atoms with Crippen LogP contribution in [0.1, 0.15) is 10.4 Å². The van der Waals surface area contributed by atoms with Gasteiger partial charge in [0.15, 0.2) is 0 Å².